The lowest BCUT2D eigenvalue weighted by Gasteiger charge is -2.38. The van der Waals surface area contributed by atoms with Gasteiger partial charge in [-0.2, -0.15) is 0 Å². The summed E-state index contributed by atoms with van der Waals surface area (Å²) in [5.74, 6) is -1.10. The van der Waals surface area contributed by atoms with E-state index in [0.717, 1.165) is 5.56 Å². The first-order chi connectivity index (χ1) is 13.2. The number of rotatable bonds is 2. The Morgan fingerprint density at radius 3 is 2.50 bits per heavy atom. The highest BCUT2D eigenvalue weighted by atomic mass is 16.2. The van der Waals surface area contributed by atoms with Crippen LogP contribution < -0.4 is 11.1 Å². The number of nitrogens with two attached hydrogens (primary N) is 1. The maximum absolute atomic E-state index is 13.3. The zero-order valence-electron chi connectivity index (χ0n) is 16.2. The average Bonchev–Trinajstić information content (AvgIpc) is 2.90. The summed E-state index contributed by atoms with van der Waals surface area (Å²) >= 11 is 0. The fourth-order valence-corrected chi connectivity index (χ4v) is 4.23. The van der Waals surface area contributed by atoms with Crippen molar-refractivity contribution in [2.75, 3.05) is 12.3 Å². The molecule has 28 heavy (non-hydrogen) atoms. The van der Waals surface area contributed by atoms with E-state index < -0.39 is 17.5 Å². The van der Waals surface area contributed by atoms with Gasteiger partial charge in [0.15, 0.2) is 5.78 Å². The van der Waals surface area contributed by atoms with Crippen LogP contribution in [0.1, 0.15) is 64.6 Å². The average molecular weight is 377 g/mol. The molecule has 3 N–H and O–H groups in total. The zero-order chi connectivity index (χ0) is 20.2. The number of nitrogen functional groups attached to an aromatic ring is 1. The van der Waals surface area contributed by atoms with Gasteiger partial charge in [0.25, 0.3) is 5.91 Å². The number of anilines is 1. The molecule has 0 spiro atoms. The van der Waals surface area contributed by atoms with Crippen molar-refractivity contribution in [3.63, 3.8) is 0 Å². The Kier molecular flexibility index (Phi) is 4.03. The summed E-state index contributed by atoms with van der Waals surface area (Å²) in [7, 11) is 0. The molecule has 2 atom stereocenters. The molecule has 1 aliphatic heterocycles. The van der Waals surface area contributed by atoms with E-state index in [0.29, 0.717) is 22.4 Å². The molecule has 0 aromatic heterocycles. The van der Waals surface area contributed by atoms with E-state index in [1.54, 1.807) is 24.3 Å². The molecule has 6 nitrogen and oxygen atoms in total. The molecule has 2 amide bonds. The van der Waals surface area contributed by atoms with Gasteiger partial charge in [0.2, 0.25) is 5.91 Å². The van der Waals surface area contributed by atoms with Gasteiger partial charge in [-0.1, -0.05) is 24.3 Å². The number of hydrogen-bond acceptors (Lipinski definition) is 4. The molecule has 2 aromatic rings. The summed E-state index contributed by atoms with van der Waals surface area (Å²) in [4.78, 5) is 40.6. The highest BCUT2D eigenvalue weighted by molar-refractivity contribution is 6.11. The van der Waals surface area contributed by atoms with Crippen LogP contribution in [0.2, 0.25) is 0 Å². The van der Waals surface area contributed by atoms with Crippen LogP contribution in [0.3, 0.4) is 0 Å². The molecule has 2 aromatic carbocycles. The van der Waals surface area contributed by atoms with Crippen LogP contribution in [0.15, 0.2) is 42.5 Å². The zero-order valence-corrected chi connectivity index (χ0v) is 16.2. The minimum Gasteiger partial charge on any atom is -0.399 e. The summed E-state index contributed by atoms with van der Waals surface area (Å²) in [6.07, 6.45) is 0. The molecule has 0 radical (unpaired) electrons. The number of amides is 2. The second kappa shape index (κ2) is 6.19. The van der Waals surface area contributed by atoms with Crippen LogP contribution in [0.4, 0.5) is 5.69 Å². The molecule has 0 bridgehead atoms. The molecule has 2 unspecified atom stereocenters. The van der Waals surface area contributed by atoms with Crippen molar-refractivity contribution in [2.45, 2.75) is 38.3 Å². The van der Waals surface area contributed by atoms with Gasteiger partial charge in [0, 0.05) is 22.4 Å². The number of fused-ring (bicyclic) bond motifs is 5. The van der Waals surface area contributed by atoms with Gasteiger partial charge in [0.1, 0.15) is 6.54 Å². The number of hydrogen-bond donors (Lipinski definition) is 2. The molecular formula is C22H23N3O3. The molecule has 0 saturated carbocycles. The Labute approximate surface area is 163 Å². The van der Waals surface area contributed by atoms with E-state index >= 15 is 0 Å². The summed E-state index contributed by atoms with van der Waals surface area (Å²) in [6, 6.07) is 11.8. The molecule has 6 heteroatoms. The van der Waals surface area contributed by atoms with E-state index in [9.17, 15) is 14.4 Å². The minimum atomic E-state index is -0.545. The third-order valence-corrected chi connectivity index (χ3v) is 5.21. The molecule has 0 saturated heterocycles. The number of ketones is 1. The Balaban J connectivity index is 1.83. The molecule has 0 fully saturated rings. The van der Waals surface area contributed by atoms with Crippen molar-refractivity contribution in [2.24, 2.45) is 0 Å². The number of carbonyl (C=O) groups is 3. The van der Waals surface area contributed by atoms with Crippen molar-refractivity contribution >= 4 is 23.3 Å². The first-order valence-corrected chi connectivity index (χ1v) is 9.32. The Morgan fingerprint density at radius 1 is 1.07 bits per heavy atom. The van der Waals surface area contributed by atoms with E-state index in [4.69, 9.17) is 5.73 Å². The van der Waals surface area contributed by atoms with Crippen molar-refractivity contribution < 1.29 is 14.4 Å². The van der Waals surface area contributed by atoms with Crippen LogP contribution in [-0.4, -0.2) is 34.6 Å². The molecule has 1 heterocycles. The van der Waals surface area contributed by atoms with Crippen LogP contribution in [-0.2, 0) is 4.79 Å². The van der Waals surface area contributed by atoms with E-state index in [1.807, 2.05) is 39.0 Å². The second-order valence-electron chi connectivity index (χ2n) is 8.45. The van der Waals surface area contributed by atoms with E-state index in [1.165, 1.54) is 4.90 Å². The lowest BCUT2D eigenvalue weighted by atomic mass is 9.82. The van der Waals surface area contributed by atoms with Crippen molar-refractivity contribution in [3.05, 3.63) is 64.7 Å². The standard InChI is InChI=1S/C22H23N3O3/c1-22(2,3)24-17(26)11-25-19-13-6-4-5-7-14(13)20(27)18(19)16-10-12(23)8-9-15(16)21(25)28/h4-10,18-19H,11,23H2,1-3H3,(H,24,26). The number of carbonyl (C=O) groups excluding carboxylic acids is 3. The Hall–Kier alpha value is -3.15. The SMILES string of the molecule is CC(C)(C)NC(=O)CN1C(=O)c2ccc(N)cc2C2C(=O)c3ccccc3C21. The second-order valence-corrected chi connectivity index (χ2v) is 8.45. The van der Waals surface area contributed by atoms with Crippen LogP contribution in [0, 0.1) is 0 Å². The summed E-state index contributed by atoms with van der Waals surface area (Å²) in [6.45, 7) is 5.55. The summed E-state index contributed by atoms with van der Waals surface area (Å²) in [5.41, 5.74) is 8.49. The van der Waals surface area contributed by atoms with Crippen LogP contribution in [0.5, 0.6) is 0 Å². The third-order valence-electron chi connectivity index (χ3n) is 5.21. The van der Waals surface area contributed by atoms with Crippen LogP contribution in [0.25, 0.3) is 0 Å². The Bertz CT molecular complexity index is 1010. The molecule has 4 rings (SSSR count). The number of Topliss-reactive ketones (excluding diaryl/α,β-unsaturated/α-hetero) is 1. The predicted molar refractivity (Wildman–Crippen MR) is 106 cm³/mol. The summed E-state index contributed by atoms with van der Waals surface area (Å²) < 4.78 is 0. The molecule has 2 aliphatic rings. The quantitative estimate of drug-likeness (QED) is 0.787. The number of benzene rings is 2. The van der Waals surface area contributed by atoms with Gasteiger partial charge in [-0.05, 0) is 50.1 Å². The fourth-order valence-electron chi connectivity index (χ4n) is 4.23. The van der Waals surface area contributed by atoms with Gasteiger partial charge in [-0.3, -0.25) is 14.4 Å². The third kappa shape index (κ3) is 2.85. The fraction of sp³-hybridized carbons (Fsp3) is 0.318. The minimum absolute atomic E-state index is 0.0406. The van der Waals surface area contributed by atoms with Crippen molar-refractivity contribution in [3.8, 4) is 0 Å². The lowest BCUT2D eigenvalue weighted by molar-refractivity contribution is -0.123. The van der Waals surface area contributed by atoms with E-state index in [2.05, 4.69) is 5.32 Å². The monoisotopic (exact) mass is 377 g/mol. The number of nitrogens with zero attached hydrogens (tertiary/aromatic N) is 1. The van der Waals surface area contributed by atoms with Gasteiger partial charge in [-0.15, -0.1) is 0 Å². The predicted octanol–water partition coefficient (Wildman–Crippen LogP) is 2.66. The van der Waals surface area contributed by atoms with Gasteiger partial charge >= 0.3 is 0 Å². The van der Waals surface area contributed by atoms with Gasteiger partial charge < -0.3 is 16.0 Å². The van der Waals surface area contributed by atoms with E-state index in [-0.39, 0.29) is 24.1 Å². The maximum atomic E-state index is 13.3. The first kappa shape index (κ1) is 18.2. The lowest BCUT2D eigenvalue weighted by Crippen LogP contribution is -2.50. The molecule has 1 aliphatic carbocycles. The largest absolute Gasteiger partial charge is 0.399 e. The topological polar surface area (TPSA) is 92.5 Å². The normalized spacial score (nSPS) is 20.5. The first-order valence-electron chi connectivity index (χ1n) is 9.32. The molecule has 144 valence electrons. The number of nitrogens with one attached hydrogen (secondary N) is 1. The van der Waals surface area contributed by atoms with Crippen molar-refractivity contribution in [1.29, 1.82) is 0 Å². The molecular weight excluding hydrogens is 354 g/mol. The highest BCUT2D eigenvalue weighted by Gasteiger charge is 2.50. The van der Waals surface area contributed by atoms with Gasteiger partial charge in [0.05, 0.1) is 12.0 Å². The van der Waals surface area contributed by atoms with Crippen LogP contribution >= 0.6 is 0 Å². The summed E-state index contributed by atoms with van der Waals surface area (Å²) in [5, 5.41) is 2.90. The smallest absolute Gasteiger partial charge is 0.255 e. The Morgan fingerprint density at radius 2 is 1.79 bits per heavy atom. The van der Waals surface area contributed by atoms with Gasteiger partial charge in [-0.25, -0.2) is 0 Å². The van der Waals surface area contributed by atoms with Crippen molar-refractivity contribution in [1.82, 2.24) is 10.2 Å². The highest BCUT2D eigenvalue weighted by Crippen LogP contribution is 2.50. The maximum Gasteiger partial charge on any atom is 0.255 e.